The van der Waals surface area contributed by atoms with Crippen LogP contribution in [0.1, 0.15) is 32.6 Å². The van der Waals surface area contributed by atoms with Crippen LogP contribution >= 0.6 is 0 Å². The standard InChI is InChI=1S/C9H18N2O2/c1-2-7-13-9(12)11-6-4-3-5-8(11)10/h8H,2-7,10H2,1H3. The Hall–Kier alpha value is -0.770. The zero-order valence-corrected chi connectivity index (χ0v) is 8.16. The van der Waals surface area contributed by atoms with Gasteiger partial charge >= 0.3 is 6.09 Å². The molecule has 1 rings (SSSR count). The van der Waals surface area contributed by atoms with Gasteiger partial charge in [0.05, 0.1) is 12.8 Å². The van der Waals surface area contributed by atoms with Gasteiger partial charge < -0.3 is 10.5 Å². The Morgan fingerprint density at radius 1 is 1.62 bits per heavy atom. The van der Waals surface area contributed by atoms with Crippen molar-refractivity contribution < 1.29 is 9.53 Å². The van der Waals surface area contributed by atoms with Gasteiger partial charge in [0.2, 0.25) is 0 Å². The van der Waals surface area contributed by atoms with Gasteiger partial charge in [0.15, 0.2) is 0 Å². The van der Waals surface area contributed by atoms with Crippen molar-refractivity contribution in [2.24, 2.45) is 5.73 Å². The number of amides is 1. The largest absolute Gasteiger partial charge is 0.449 e. The van der Waals surface area contributed by atoms with Crippen LogP contribution in [0.3, 0.4) is 0 Å². The van der Waals surface area contributed by atoms with Gasteiger partial charge in [-0.3, -0.25) is 4.90 Å². The highest BCUT2D eigenvalue weighted by Gasteiger charge is 2.24. The van der Waals surface area contributed by atoms with Gasteiger partial charge in [-0.1, -0.05) is 6.92 Å². The van der Waals surface area contributed by atoms with E-state index in [9.17, 15) is 4.79 Å². The molecule has 4 heteroatoms. The Morgan fingerprint density at radius 3 is 3.00 bits per heavy atom. The third-order valence-corrected chi connectivity index (χ3v) is 2.21. The number of nitrogens with two attached hydrogens (primary N) is 1. The molecular weight excluding hydrogens is 168 g/mol. The SMILES string of the molecule is CCCOC(=O)N1CCCCC1N. The molecule has 76 valence electrons. The lowest BCUT2D eigenvalue weighted by molar-refractivity contribution is 0.0747. The molecule has 13 heavy (non-hydrogen) atoms. The molecular formula is C9H18N2O2. The maximum atomic E-state index is 11.4. The summed E-state index contributed by atoms with van der Waals surface area (Å²) in [6.07, 6.45) is 3.50. The second-order valence-electron chi connectivity index (χ2n) is 3.37. The molecule has 0 aromatic carbocycles. The van der Waals surface area contributed by atoms with E-state index in [1.807, 2.05) is 6.92 Å². The first kappa shape index (κ1) is 10.3. The van der Waals surface area contributed by atoms with E-state index in [1.54, 1.807) is 4.90 Å². The number of carbonyl (C=O) groups excluding carboxylic acids is 1. The highest BCUT2D eigenvalue weighted by molar-refractivity contribution is 5.68. The second kappa shape index (κ2) is 5.07. The Bertz CT molecular complexity index is 173. The fraction of sp³-hybridized carbons (Fsp3) is 0.889. The number of hydrogen-bond donors (Lipinski definition) is 1. The number of rotatable bonds is 2. The Balaban J connectivity index is 2.35. The molecule has 0 aromatic heterocycles. The molecule has 0 aromatic rings. The predicted octanol–water partition coefficient (Wildman–Crippen LogP) is 1.30. The monoisotopic (exact) mass is 186 g/mol. The lowest BCUT2D eigenvalue weighted by Gasteiger charge is -2.31. The molecule has 1 atom stereocenters. The minimum atomic E-state index is -0.256. The van der Waals surface area contributed by atoms with Gasteiger partial charge in [0.1, 0.15) is 0 Å². The summed E-state index contributed by atoms with van der Waals surface area (Å²) in [5, 5.41) is 0. The fourth-order valence-electron chi connectivity index (χ4n) is 1.46. The summed E-state index contributed by atoms with van der Waals surface area (Å²) < 4.78 is 5.01. The summed E-state index contributed by atoms with van der Waals surface area (Å²) >= 11 is 0. The molecule has 0 radical (unpaired) electrons. The third kappa shape index (κ3) is 2.88. The summed E-state index contributed by atoms with van der Waals surface area (Å²) in [4.78, 5) is 13.0. The Labute approximate surface area is 79.0 Å². The van der Waals surface area contributed by atoms with Crippen LogP contribution in [0.4, 0.5) is 4.79 Å². The van der Waals surface area contributed by atoms with E-state index in [0.29, 0.717) is 6.61 Å². The van der Waals surface area contributed by atoms with E-state index < -0.39 is 0 Å². The summed E-state index contributed by atoms with van der Waals surface area (Å²) in [7, 11) is 0. The minimum Gasteiger partial charge on any atom is -0.449 e. The van der Waals surface area contributed by atoms with Crippen molar-refractivity contribution in [3.8, 4) is 0 Å². The zero-order chi connectivity index (χ0) is 9.68. The lowest BCUT2D eigenvalue weighted by Crippen LogP contribution is -2.48. The van der Waals surface area contributed by atoms with Crippen LogP contribution in [0.15, 0.2) is 0 Å². The summed E-state index contributed by atoms with van der Waals surface area (Å²) in [6.45, 7) is 3.20. The zero-order valence-electron chi connectivity index (χ0n) is 8.16. The molecule has 1 amide bonds. The Morgan fingerprint density at radius 2 is 2.38 bits per heavy atom. The van der Waals surface area contributed by atoms with E-state index in [2.05, 4.69) is 0 Å². The number of carbonyl (C=O) groups is 1. The van der Waals surface area contributed by atoms with Crippen LogP contribution in [0, 0.1) is 0 Å². The smallest absolute Gasteiger partial charge is 0.411 e. The predicted molar refractivity (Wildman–Crippen MR) is 50.2 cm³/mol. The number of piperidine rings is 1. The maximum absolute atomic E-state index is 11.4. The molecule has 1 heterocycles. The van der Waals surface area contributed by atoms with Crippen molar-refractivity contribution in [1.29, 1.82) is 0 Å². The van der Waals surface area contributed by atoms with Gasteiger partial charge in [-0.25, -0.2) is 4.79 Å². The van der Waals surface area contributed by atoms with Gasteiger partial charge in [0, 0.05) is 6.54 Å². The third-order valence-electron chi connectivity index (χ3n) is 2.21. The first-order chi connectivity index (χ1) is 6.25. The molecule has 4 nitrogen and oxygen atoms in total. The van der Waals surface area contributed by atoms with Gasteiger partial charge in [-0.05, 0) is 25.7 Å². The van der Waals surface area contributed by atoms with Gasteiger partial charge in [0.25, 0.3) is 0 Å². The van der Waals surface area contributed by atoms with Crippen molar-refractivity contribution in [3.05, 3.63) is 0 Å². The highest BCUT2D eigenvalue weighted by atomic mass is 16.6. The van der Waals surface area contributed by atoms with Crippen molar-refractivity contribution in [3.63, 3.8) is 0 Å². The molecule has 0 saturated carbocycles. The number of likely N-dealkylation sites (tertiary alicyclic amines) is 1. The first-order valence-corrected chi connectivity index (χ1v) is 4.94. The molecule has 1 aliphatic heterocycles. The maximum Gasteiger partial charge on any atom is 0.411 e. The second-order valence-corrected chi connectivity index (χ2v) is 3.37. The molecule has 0 aliphatic carbocycles. The normalized spacial score (nSPS) is 22.9. The molecule has 1 aliphatic rings. The average Bonchev–Trinajstić information content (AvgIpc) is 2.15. The van der Waals surface area contributed by atoms with Crippen molar-refractivity contribution >= 4 is 6.09 Å². The van der Waals surface area contributed by atoms with E-state index >= 15 is 0 Å². The summed E-state index contributed by atoms with van der Waals surface area (Å²) in [6, 6.07) is 0. The average molecular weight is 186 g/mol. The van der Waals surface area contributed by atoms with Gasteiger partial charge in [-0.15, -0.1) is 0 Å². The van der Waals surface area contributed by atoms with Crippen LogP contribution in [0.25, 0.3) is 0 Å². The Kier molecular flexibility index (Phi) is 4.02. The quantitative estimate of drug-likeness (QED) is 0.707. The molecule has 1 fully saturated rings. The minimum absolute atomic E-state index is 0.141. The number of ether oxygens (including phenoxy) is 1. The molecule has 0 bridgehead atoms. The number of hydrogen-bond acceptors (Lipinski definition) is 3. The summed E-state index contributed by atoms with van der Waals surface area (Å²) in [5.74, 6) is 0. The molecule has 0 spiro atoms. The van der Waals surface area contributed by atoms with Gasteiger partial charge in [-0.2, -0.15) is 0 Å². The van der Waals surface area contributed by atoms with E-state index in [1.165, 1.54) is 0 Å². The molecule has 2 N–H and O–H groups in total. The van der Waals surface area contributed by atoms with Crippen molar-refractivity contribution in [2.45, 2.75) is 38.8 Å². The van der Waals surface area contributed by atoms with E-state index in [4.69, 9.17) is 10.5 Å². The lowest BCUT2D eigenvalue weighted by atomic mass is 10.1. The topological polar surface area (TPSA) is 55.6 Å². The van der Waals surface area contributed by atoms with Crippen LogP contribution in [-0.4, -0.2) is 30.3 Å². The van der Waals surface area contributed by atoms with Crippen molar-refractivity contribution in [2.75, 3.05) is 13.2 Å². The first-order valence-electron chi connectivity index (χ1n) is 4.94. The highest BCUT2D eigenvalue weighted by Crippen LogP contribution is 2.13. The van der Waals surface area contributed by atoms with E-state index in [-0.39, 0.29) is 12.3 Å². The fourth-order valence-corrected chi connectivity index (χ4v) is 1.46. The molecule has 1 saturated heterocycles. The van der Waals surface area contributed by atoms with Crippen LogP contribution in [-0.2, 0) is 4.74 Å². The van der Waals surface area contributed by atoms with Crippen LogP contribution in [0.5, 0.6) is 0 Å². The molecule has 1 unspecified atom stereocenters. The van der Waals surface area contributed by atoms with Crippen LogP contribution in [0.2, 0.25) is 0 Å². The van der Waals surface area contributed by atoms with E-state index in [0.717, 1.165) is 32.2 Å². The van der Waals surface area contributed by atoms with Crippen LogP contribution < -0.4 is 5.73 Å². The van der Waals surface area contributed by atoms with Crippen molar-refractivity contribution in [1.82, 2.24) is 4.90 Å². The summed E-state index contributed by atoms with van der Waals surface area (Å²) in [5.41, 5.74) is 5.78. The number of nitrogens with zero attached hydrogens (tertiary/aromatic N) is 1.